The molecule has 102 valence electrons. The number of furan rings is 1. The van der Waals surface area contributed by atoms with E-state index < -0.39 is 10.0 Å². The summed E-state index contributed by atoms with van der Waals surface area (Å²) < 4.78 is 30.0. The van der Waals surface area contributed by atoms with E-state index in [0.29, 0.717) is 12.3 Å². The molecule has 0 aliphatic carbocycles. The van der Waals surface area contributed by atoms with Gasteiger partial charge in [0.1, 0.15) is 5.76 Å². The van der Waals surface area contributed by atoms with Crippen LogP contribution in [0, 0.1) is 0 Å². The highest BCUT2D eigenvalue weighted by molar-refractivity contribution is 7.88. The Balaban J connectivity index is 2.62. The van der Waals surface area contributed by atoms with Crippen molar-refractivity contribution in [3.8, 4) is 0 Å². The van der Waals surface area contributed by atoms with Crippen LogP contribution in [0.25, 0.3) is 0 Å². The third kappa shape index (κ3) is 3.97. The summed E-state index contributed by atoms with van der Waals surface area (Å²) >= 11 is 0. The van der Waals surface area contributed by atoms with Crippen LogP contribution < -0.4 is 5.32 Å². The molecule has 0 aliphatic heterocycles. The van der Waals surface area contributed by atoms with Crippen LogP contribution in [0.3, 0.4) is 0 Å². The molecule has 0 unspecified atom stereocenters. The normalized spacial score (nSPS) is 11.8. The minimum Gasteiger partial charge on any atom is -0.447 e. The summed E-state index contributed by atoms with van der Waals surface area (Å²) in [7, 11) is -0.520. The number of hydrogen-bond donors (Lipinski definition) is 1. The molecule has 0 amide bonds. The van der Waals surface area contributed by atoms with E-state index in [4.69, 9.17) is 4.42 Å². The van der Waals surface area contributed by atoms with Crippen molar-refractivity contribution in [1.82, 2.24) is 9.62 Å². The highest BCUT2D eigenvalue weighted by atomic mass is 32.2. The molecule has 0 spiro atoms. The third-order valence-corrected chi connectivity index (χ3v) is 4.02. The predicted octanol–water partition coefficient (Wildman–Crippen LogP) is 1.59. The molecule has 0 saturated heterocycles. The van der Waals surface area contributed by atoms with Crippen molar-refractivity contribution in [2.45, 2.75) is 25.5 Å². The number of sulfonamides is 1. The fourth-order valence-electron chi connectivity index (χ4n) is 1.24. The number of nitrogens with one attached hydrogen (secondary N) is 1. The van der Waals surface area contributed by atoms with E-state index in [2.05, 4.69) is 11.4 Å². The molecular weight excluding hydrogens is 252 g/mol. The van der Waals surface area contributed by atoms with Crippen LogP contribution in [0.1, 0.15) is 19.6 Å². The van der Waals surface area contributed by atoms with Crippen LogP contribution in [0.4, 0.5) is 0 Å². The van der Waals surface area contributed by atoms with Crippen molar-refractivity contribution in [3.05, 3.63) is 29.5 Å². The first kappa shape index (κ1) is 14.9. The Morgan fingerprint density at radius 1 is 1.39 bits per heavy atom. The van der Waals surface area contributed by atoms with E-state index in [1.54, 1.807) is 6.07 Å². The number of nitrogens with zero attached hydrogens (tertiary/aromatic N) is 1. The zero-order valence-electron chi connectivity index (χ0n) is 11.2. The van der Waals surface area contributed by atoms with E-state index >= 15 is 0 Å². The second-order valence-corrected chi connectivity index (χ2v) is 6.50. The summed E-state index contributed by atoms with van der Waals surface area (Å²) in [4.78, 5) is 0. The predicted molar refractivity (Wildman–Crippen MR) is 70.7 cm³/mol. The van der Waals surface area contributed by atoms with Crippen molar-refractivity contribution in [1.29, 1.82) is 0 Å². The van der Waals surface area contributed by atoms with Gasteiger partial charge in [0.2, 0.25) is 5.09 Å². The minimum absolute atomic E-state index is 0.0217. The molecule has 0 atom stereocenters. The average molecular weight is 272 g/mol. The van der Waals surface area contributed by atoms with Gasteiger partial charge >= 0.3 is 0 Å². The molecule has 0 saturated carbocycles. The lowest BCUT2D eigenvalue weighted by atomic mass is 10.3. The molecule has 1 heterocycles. The van der Waals surface area contributed by atoms with Gasteiger partial charge in [-0.2, -0.15) is 0 Å². The first-order valence-corrected chi connectivity index (χ1v) is 7.13. The van der Waals surface area contributed by atoms with E-state index in [1.165, 1.54) is 25.7 Å². The third-order valence-electron chi connectivity index (χ3n) is 2.33. The van der Waals surface area contributed by atoms with Crippen LogP contribution >= 0.6 is 0 Å². The Kier molecular flexibility index (Phi) is 5.13. The Hall–Kier alpha value is -1.11. The molecular formula is C12H20N2O3S. The van der Waals surface area contributed by atoms with E-state index in [1.807, 2.05) is 13.8 Å². The van der Waals surface area contributed by atoms with Crippen LogP contribution in [0.2, 0.25) is 0 Å². The Labute approximate surface area is 109 Å². The lowest BCUT2D eigenvalue weighted by Crippen LogP contribution is -2.21. The second-order valence-electron chi connectivity index (χ2n) is 4.42. The molecule has 6 heteroatoms. The molecule has 0 fully saturated rings. The highest BCUT2D eigenvalue weighted by Crippen LogP contribution is 2.16. The first-order valence-electron chi connectivity index (χ1n) is 5.69. The van der Waals surface area contributed by atoms with Gasteiger partial charge in [-0.3, -0.25) is 0 Å². The summed E-state index contributed by atoms with van der Waals surface area (Å²) in [6, 6.07) is 3.15. The number of hydrogen-bond acceptors (Lipinski definition) is 4. The summed E-state index contributed by atoms with van der Waals surface area (Å²) in [5, 5.41) is 3.13. The molecule has 18 heavy (non-hydrogen) atoms. The van der Waals surface area contributed by atoms with Gasteiger partial charge in [0.05, 0.1) is 6.54 Å². The molecule has 1 aromatic rings. The standard InChI is InChI=1S/C12H20N2O3S/c1-10(2)7-8-13-9-11-5-6-12(17-11)18(15,16)14(3)4/h5-7,13H,8-9H2,1-4H3. The zero-order chi connectivity index (χ0) is 13.8. The van der Waals surface area contributed by atoms with E-state index in [0.717, 1.165) is 10.8 Å². The van der Waals surface area contributed by atoms with Gasteiger partial charge in [-0.25, -0.2) is 12.7 Å². The highest BCUT2D eigenvalue weighted by Gasteiger charge is 2.21. The molecule has 1 rings (SSSR count). The largest absolute Gasteiger partial charge is 0.447 e. The summed E-state index contributed by atoms with van der Waals surface area (Å²) in [6.45, 7) is 5.29. The molecule has 1 aromatic heterocycles. The van der Waals surface area contributed by atoms with Crippen molar-refractivity contribution >= 4 is 10.0 Å². The minimum atomic E-state index is -3.47. The lowest BCUT2D eigenvalue weighted by molar-refractivity contribution is 0.391. The Morgan fingerprint density at radius 2 is 2.06 bits per heavy atom. The number of rotatable bonds is 6. The van der Waals surface area contributed by atoms with Gasteiger partial charge in [-0.05, 0) is 26.0 Å². The van der Waals surface area contributed by atoms with Crippen molar-refractivity contribution < 1.29 is 12.8 Å². The van der Waals surface area contributed by atoms with Gasteiger partial charge in [0.25, 0.3) is 10.0 Å². The maximum absolute atomic E-state index is 11.8. The molecule has 0 aromatic carbocycles. The van der Waals surface area contributed by atoms with Crippen LogP contribution in [0.5, 0.6) is 0 Å². The average Bonchev–Trinajstić information content (AvgIpc) is 2.73. The topological polar surface area (TPSA) is 62.6 Å². The Morgan fingerprint density at radius 3 is 2.61 bits per heavy atom. The SMILES string of the molecule is CC(C)=CCNCc1ccc(S(=O)(=O)N(C)C)o1. The molecule has 0 radical (unpaired) electrons. The van der Waals surface area contributed by atoms with Gasteiger partial charge in [0, 0.05) is 20.6 Å². The van der Waals surface area contributed by atoms with Crippen molar-refractivity contribution in [2.75, 3.05) is 20.6 Å². The van der Waals surface area contributed by atoms with Crippen LogP contribution in [-0.2, 0) is 16.6 Å². The molecule has 0 bridgehead atoms. The van der Waals surface area contributed by atoms with Gasteiger partial charge in [0.15, 0.2) is 0 Å². The van der Waals surface area contributed by atoms with Crippen molar-refractivity contribution in [3.63, 3.8) is 0 Å². The summed E-state index contributed by atoms with van der Waals surface area (Å²) in [6.07, 6.45) is 2.06. The lowest BCUT2D eigenvalue weighted by Gasteiger charge is -2.07. The first-order chi connectivity index (χ1) is 8.34. The Bertz CT molecular complexity index is 511. The number of allylic oxidation sites excluding steroid dienone is 1. The summed E-state index contributed by atoms with van der Waals surface area (Å²) in [5.41, 5.74) is 1.23. The van der Waals surface area contributed by atoms with Gasteiger partial charge < -0.3 is 9.73 Å². The molecule has 5 nitrogen and oxygen atoms in total. The molecule has 0 aliphatic rings. The second kappa shape index (κ2) is 6.17. The van der Waals surface area contributed by atoms with Crippen molar-refractivity contribution in [2.24, 2.45) is 0 Å². The fourth-order valence-corrected chi connectivity index (χ4v) is 2.06. The molecule has 1 N–H and O–H groups in total. The quantitative estimate of drug-likeness (QED) is 0.631. The maximum atomic E-state index is 11.8. The fraction of sp³-hybridized carbons (Fsp3) is 0.500. The van der Waals surface area contributed by atoms with E-state index in [-0.39, 0.29) is 5.09 Å². The smallest absolute Gasteiger partial charge is 0.275 e. The monoisotopic (exact) mass is 272 g/mol. The summed E-state index contributed by atoms with van der Waals surface area (Å²) in [5.74, 6) is 0.609. The van der Waals surface area contributed by atoms with Gasteiger partial charge in [-0.15, -0.1) is 0 Å². The van der Waals surface area contributed by atoms with Crippen LogP contribution in [-0.4, -0.2) is 33.4 Å². The maximum Gasteiger partial charge on any atom is 0.275 e. The van der Waals surface area contributed by atoms with Gasteiger partial charge in [-0.1, -0.05) is 11.6 Å². The zero-order valence-corrected chi connectivity index (χ0v) is 12.0. The van der Waals surface area contributed by atoms with Crippen LogP contribution in [0.15, 0.2) is 33.3 Å². The van der Waals surface area contributed by atoms with E-state index in [9.17, 15) is 8.42 Å².